The molecule has 16 heteroatoms. The van der Waals surface area contributed by atoms with Crippen LogP contribution in [-0.2, 0) is 48.1 Å². The van der Waals surface area contributed by atoms with Gasteiger partial charge in [0.25, 0.3) is 5.95 Å². The van der Waals surface area contributed by atoms with Gasteiger partial charge in [-0.15, -0.1) is 5.10 Å². The highest BCUT2D eigenvalue weighted by atomic mass is 19.4. The van der Waals surface area contributed by atoms with E-state index in [0.717, 1.165) is 49.0 Å². The quantitative estimate of drug-likeness (QED) is 0.156. The molecular weight excluding hydrogens is 621 g/mol. The zero-order chi connectivity index (χ0) is 33.0. The predicted molar refractivity (Wildman–Crippen MR) is 144 cm³/mol. The number of aryl methyl sites for hydroxylation is 1. The lowest BCUT2D eigenvalue weighted by Crippen LogP contribution is -2.27. The average molecular weight is 654 g/mol. The Hall–Kier alpha value is -3.40. The molecule has 0 bridgehead atoms. The molecule has 2 aromatic carbocycles. The Kier molecular flexibility index (Phi) is 10.7. The Bertz CT molecular complexity index is 1380. The van der Waals surface area contributed by atoms with Gasteiger partial charge in [0.05, 0.1) is 43.1 Å². The minimum atomic E-state index is -5.09. The monoisotopic (exact) mass is 653 g/mol. The number of anilines is 1. The largest absolute Gasteiger partial charge is 0.416 e. The fourth-order valence-corrected chi connectivity index (χ4v) is 5.51. The number of nitrogens with zero attached hydrogens (tertiary/aromatic N) is 5. The number of rotatable bonds is 11. The highest BCUT2D eigenvalue weighted by Crippen LogP contribution is 2.41. The van der Waals surface area contributed by atoms with Crippen LogP contribution in [0.4, 0.5) is 45.5 Å². The van der Waals surface area contributed by atoms with Crippen LogP contribution in [0.2, 0.25) is 0 Å². The van der Waals surface area contributed by atoms with Gasteiger partial charge in [-0.1, -0.05) is 30.4 Å². The van der Waals surface area contributed by atoms with Crippen molar-refractivity contribution in [3.05, 3.63) is 69.8 Å². The van der Waals surface area contributed by atoms with Crippen molar-refractivity contribution in [2.24, 2.45) is 13.0 Å². The molecule has 1 aliphatic rings. The van der Waals surface area contributed by atoms with E-state index in [4.69, 9.17) is 9.47 Å². The van der Waals surface area contributed by atoms with Crippen LogP contribution in [0.25, 0.3) is 0 Å². The van der Waals surface area contributed by atoms with Crippen LogP contribution in [0.1, 0.15) is 71.6 Å². The summed E-state index contributed by atoms with van der Waals surface area (Å²) in [5.74, 6) is -0.242. The number of methoxy groups -OCH3 is 1. The average Bonchev–Trinajstić information content (AvgIpc) is 3.40. The Morgan fingerprint density at radius 3 is 1.98 bits per heavy atom. The maximum atomic E-state index is 13.9. The van der Waals surface area contributed by atoms with E-state index in [1.807, 2.05) is 0 Å². The van der Waals surface area contributed by atoms with Crippen molar-refractivity contribution in [2.75, 3.05) is 25.2 Å². The highest BCUT2D eigenvalue weighted by molar-refractivity contribution is 5.42. The van der Waals surface area contributed by atoms with E-state index in [1.165, 1.54) is 25.1 Å². The van der Waals surface area contributed by atoms with Gasteiger partial charge in [-0.25, -0.2) is 0 Å². The summed E-state index contributed by atoms with van der Waals surface area (Å²) in [6, 6.07) is 4.29. The number of hydrogen-bond acceptors (Lipinski definition) is 6. The van der Waals surface area contributed by atoms with Crippen LogP contribution in [0.5, 0.6) is 0 Å². The molecule has 0 aliphatic heterocycles. The molecule has 0 N–H and O–H groups in total. The van der Waals surface area contributed by atoms with Crippen molar-refractivity contribution < 1.29 is 49.0 Å². The Morgan fingerprint density at radius 1 is 0.822 bits per heavy atom. The minimum absolute atomic E-state index is 0.00540. The van der Waals surface area contributed by atoms with Crippen molar-refractivity contribution in [1.29, 1.82) is 0 Å². The lowest BCUT2D eigenvalue weighted by molar-refractivity contribution is -0.143. The van der Waals surface area contributed by atoms with Crippen molar-refractivity contribution in [3.8, 4) is 0 Å². The van der Waals surface area contributed by atoms with E-state index < -0.39 is 60.0 Å². The van der Waals surface area contributed by atoms with Gasteiger partial charge < -0.3 is 14.4 Å². The molecule has 1 fully saturated rings. The highest BCUT2D eigenvalue weighted by Gasteiger charge is 2.38. The minimum Gasteiger partial charge on any atom is -0.382 e. The number of benzene rings is 2. The summed E-state index contributed by atoms with van der Waals surface area (Å²) in [5.41, 5.74) is -3.91. The van der Waals surface area contributed by atoms with Crippen molar-refractivity contribution in [3.63, 3.8) is 0 Å². The number of tetrazole rings is 1. The lowest BCUT2D eigenvalue weighted by atomic mass is 9.81. The fraction of sp³-hybridized carbons (Fsp3) is 0.552. The molecule has 0 radical (unpaired) electrons. The second-order valence-corrected chi connectivity index (χ2v) is 10.9. The SMILES string of the molecule is COCCOC(c1ccc(C(F)(F)F)cc1CN(Cc1cc(C(F)(F)F)cc(C(F)(F)F)c1)c1nnn(C)n1)C1CCCCC1. The van der Waals surface area contributed by atoms with E-state index >= 15 is 0 Å². The van der Waals surface area contributed by atoms with E-state index in [1.54, 1.807) is 0 Å². The van der Waals surface area contributed by atoms with Gasteiger partial charge in [-0.05, 0) is 71.0 Å². The molecule has 45 heavy (non-hydrogen) atoms. The zero-order valence-electron chi connectivity index (χ0n) is 24.4. The summed E-state index contributed by atoms with van der Waals surface area (Å²) in [5, 5.41) is 11.6. The standard InChI is InChI=1S/C29H32F9N5O2/c1-42-40-26(39-41-42)43(16-18-12-22(28(33,34)35)15-23(13-18)29(36,37)38)17-20-14-21(27(30,31)32)8-9-24(20)25(45-11-10-44-2)19-6-4-3-5-7-19/h8-9,12-15,19,25H,3-7,10-11,16-17H2,1-2H3. The van der Waals surface area contributed by atoms with Crippen LogP contribution < -0.4 is 4.90 Å². The summed E-state index contributed by atoms with van der Waals surface area (Å²) in [6.07, 6.45) is -11.2. The molecule has 3 aromatic rings. The molecule has 0 spiro atoms. The van der Waals surface area contributed by atoms with Gasteiger partial charge in [-0.2, -0.15) is 44.3 Å². The van der Waals surface area contributed by atoms with Gasteiger partial charge >= 0.3 is 18.5 Å². The third-order valence-electron chi connectivity index (χ3n) is 7.60. The van der Waals surface area contributed by atoms with Gasteiger partial charge in [0.15, 0.2) is 0 Å². The van der Waals surface area contributed by atoms with Crippen molar-refractivity contribution >= 4 is 5.95 Å². The maximum absolute atomic E-state index is 13.9. The van der Waals surface area contributed by atoms with E-state index in [-0.39, 0.29) is 36.7 Å². The molecule has 1 unspecified atom stereocenters. The lowest BCUT2D eigenvalue weighted by Gasteiger charge is -2.33. The first-order valence-electron chi connectivity index (χ1n) is 14.1. The number of ether oxygens (including phenoxy) is 2. The van der Waals surface area contributed by atoms with Crippen LogP contribution in [0.15, 0.2) is 36.4 Å². The Morgan fingerprint density at radius 2 is 1.44 bits per heavy atom. The summed E-state index contributed by atoms with van der Waals surface area (Å²) in [6.45, 7) is -0.629. The first-order valence-corrected chi connectivity index (χ1v) is 14.1. The Balaban J connectivity index is 1.82. The molecule has 0 saturated heterocycles. The molecule has 1 aliphatic carbocycles. The topological polar surface area (TPSA) is 65.3 Å². The van der Waals surface area contributed by atoms with Gasteiger partial charge in [0, 0.05) is 20.2 Å². The normalized spacial score (nSPS) is 15.8. The molecule has 1 atom stereocenters. The van der Waals surface area contributed by atoms with Crippen LogP contribution in [0.3, 0.4) is 0 Å². The summed E-state index contributed by atoms with van der Waals surface area (Å²) < 4.78 is 135. The number of halogens is 9. The first-order chi connectivity index (χ1) is 21.1. The number of aromatic nitrogens is 4. The summed E-state index contributed by atoms with van der Waals surface area (Å²) in [7, 11) is 2.87. The molecule has 1 aromatic heterocycles. The second-order valence-electron chi connectivity index (χ2n) is 10.9. The summed E-state index contributed by atoms with van der Waals surface area (Å²) >= 11 is 0. The summed E-state index contributed by atoms with van der Waals surface area (Å²) in [4.78, 5) is 2.20. The van der Waals surface area contributed by atoms with Crippen LogP contribution in [0, 0.1) is 5.92 Å². The predicted octanol–water partition coefficient (Wildman–Crippen LogP) is 7.76. The van der Waals surface area contributed by atoms with E-state index in [9.17, 15) is 39.5 Å². The third kappa shape index (κ3) is 9.08. The fourth-order valence-electron chi connectivity index (χ4n) is 5.51. The molecule has 0 amide bonds. The molecule has 4 rings (SSSR count). The Labute approximate surface area is 253 Å². The third-order valence-corrected chi connectivity index (χ3v) is 7.60. The van der Waals surface area contributed by atoms with Gasteiger partial charge in [-0.3, -0.25) is 0 Å². The van der Waals surface area contributed by atoms with Crippen molar-refractivity contribution in [2.45, 2.75) is 69.8 Å². The van der Waals surface area contributed by atoms with E-state index in [0.29, 0.717) is 17.7 Å². The maximum Gasteiger partial charge on any atom is 0.416 e. The molecular formula is C29H32F9N5O2. The first kappa shape index (κ1) is 34.5. The zero-order valence-corrected chi connectivity index (χ0v) is 24.4. The van der Waals surface area contributed by atoms with Crippen molar-refractivity contribution in [1.82, 2.24) is 20.2 Å². The van der Waals surface area contributed by atoms with Gasteiger partial charge in [0.2, 0.25) is 0 Å². The van der Waals surface area contributed by atoms with Crippen LogP contribution >= 0.6 is 0 Å². The number of alkyl halides is 9. The molecule has 1 heterocycles. The van der Waals surface area contributed by atoms with Gasteiger partial charge in [0.1, 0.15) is 0 Å². The number of hydrogen-bond donors (Lipinski definition) is 0. The molecule has 7 nitrogen and oxygen atoms in total. The van der Waals surface area contributed by atoms with E-state index in [2.05, 4.69) is 15.4 Å². The smallest absolute Gasteiger partial charge is 0.382 e. The second kappa shape index (κ2) is 13.9. The molecule has 248 valence electrons. The van der Waals surface area contributed by atoms with Crippen LogP contribution in [-0.4, -0.2) is 40.5 Å². The molecule has 1 saturated carbocycles.